The average Bonchev–Trinajstić information content (AvgIpc) is 3.09. The van der Waals surface area contributed by atoms with Crippen molar-refractivity contribution in [3.63, 3.8) is 0 Å². The predicted molar refractivity (Wildman–Crippen MR) is 88.7 cm³/mol. The summed E-state index contributed by atoms with van der Waals surface area (Å²) in [5.74, 6) is 0.372. The van der Waals surface area contributed by atoms with E-state index >= 15 is 0 Å². The zero-order chi connectivity index (χ0) is 16.9. The summed E-state index contributed by atoms with van der Waals surface area (Å²) in [4.78, 5) is 18.2. The summed E-state index contributed by atoms with van der Waals surface area (Å²) >= 11 is 6.12. The van der Waals surface area contributed by atoms with Gasteiger partial charge in [-0.2, -0.15) is 5.10 Å². The van der Waals surface area contributed by atoms with Gasteiger partial charge in [0.25, 0.3) is 5.69 Å². The minimum atomic E-state index is -0.535. The van der Waals surface area contributed by atoms with Crippen molar-refractivity contribution in [1.82, 2.24) is 19.7 Å². The first kappa shape index (κ1) is 15.9. The Morgan fingerprint density at radius 1 is 1.33 bits per heavy atom. The molecule has 1 N–H and O–H groups in total. The Bertz CT molecular complexity index is 825. The molecule has 0 radical (unpaired) electrons. The van der Waals surface area contributed by atoms with Crippen molar-refractivity contribution >= 4 is 23.1 Å². The number of aromatic nitrogens is 4. The van der Waals surface area contributed by atoms with E-state index in [1.165, 1.54) is 18.6 Å². The van der Waals surface area contributed by atoms with Crippen LogP contribution < -0.4 is 5.32 Å². The van der Waals surface area contributed by atoms with Crippen molar-refractivity contribution in [3.05, 3.63) is 76.0 Å². The molecule has 0 aliphatic heterocycles. The van der Waals surface area contributed by atoms with E-state index in [9.17, 15) is 10.1 Å². The van der Waals surface area contributed by atoms with E-state index in [0.717, 1.165) is 5.56 Å². The highest BCUT2D eigenvalue weighted by Crippen LogP contribution is 2.28. The van der Waals surface area contributed by atoms with E-state index in [-0.39, 0.29) is 16.8 Å². The van der Waals surface area contributed by atoms with Gasteiger partial charge in [-0.25, -0.2) is 9.97 Å². The zero-order valence-corrected chi connectivity index (χ0v) is 13.2. The number of hydrogen-bond acceptors (Lipinski definition) is 6. The van der Waals surface area contributed by atoms with Crippen LogP contribution in [0.15, 0.2) is 55.2 Å². The molecule has 1 aromatic carbocycles. The maximum Gasteiger partial charge on any atom is 0.289 e. The Kier molecular flexibility index (Phi) is 4.66. The Morgan fingerprint density at radius 3 is 2.75 bits per heavy atom. The lowest BCUT2D eigenvalue weighted by atomic mass is 10.1. The first-order valence-electron chi connectivity index (χ1n) is 7.07. The van der Waals surface area contributed by atoms with Gasteiger partial charge in [-0.05, 0) is 5.56 Å². The van der Waals surface area contributed by atoms with Gasteiger partial charge >= 0.3 is 0 Å². The predicted octanol–water partition coefficient (Wildman–Crippen LogP) is 3.09. The fourth-order valence-corrected chi connectivity index (χ4v) is 2.45. The molecule has 0 spiro atoms. The summed E-state index contributed by atoms with van der Waals surface area (Å²) in [6, 6.07) is 10.8. The molecule has 1 atom stereocenters. The average molecular weight is 345 g/mol. The van der Waals surface area contributed by atoms with Gasteiger partial charge in [0.1, 0.15) is 24.7 Å². The van der Waals surface area contributed by atoms with Crippen molar-refractivity contribution in [3.8, 4) is 0 Å². The first-order chi connectivity index (χ1) is 11.6. The van der Waals surface area contributed by atoms with E-state index in [1.54, 1.807) is 11.0 Å². The molecule has 122 valence electrons. The fourth-order valence-electron chi connectivity index (χ4n) is 2.23. The number of nitrogens with zero attached hydrogens (tertiary/aromatic N) is 5. The number of anilines is 1. The zero-order valence-electron chi connectivity index (χ0n) is 12.4. The normalized spacial score (nSPS) is 11.9. The number of nitrogens with one attached hydrogen (secondary N) is 1. The summed E-state index contributed by atoms with van der Waals surface area (Å²) in [6.45, 7) is 0.499. The van der Waals surface area contributed by atoms with Crippen molar-refractivity contribution in [2.24, 2.45) is 0 Å². The van der Waals surface area contributed by atoms with Crippen LogP contribution in [-0.2, 0) is 6.54 Å². The second kappa shape index (κ2) is 7.05. The van der Waals surface area contributed by atoms with Crippen molar-refractivity contribution in [2.75, 3.05) is 5.32 Å². The molecule has 0 saturated carbocycles. The topological polar surface area (TPSA) is 98.8 Å². The van der Waals surface area contributed by atoms with Gasteiger partial charge < -0.3 is 5.32 Å². The van der Waals surface area contributed by atoms with Crippen molar-refractivity contribution in [2.45, 2.75) is 12.6 Å². The summed E-state index contributed by atoms with van der Waals surface area (Å²) in [5.41, 5.74) is 0.849. The van der Waals surface area contributed by atoms with Gasteiger partial charge in [0, 0.05) is 6.07 Å². The summed E-state index contributed by atoms with van der Waals surface area (Å²) in [7, 11) is 0. The molecule has 3 aromatic rings. The van der Waals surface area contributed by atoms with Crippen LogP contribution in [-0.4, -0.2) is 24.7 Å². The summed E-state index contributed by atoms with van der Waals surface area (Å²) < 4.78 is 1.68. The van der Waals surface area contributed by atoms with Crippen molar-refractivity contribution < 1.29 is 4.92 Å². The van der Waals surface area contributed by atoms with Gasteiger partial charge in [0.2, 0.25) is 0 Å². The number of benzene rings is 1. The molecule has 9 heteroatoms. The molecule has 8 nitrogen and oxygen atoms in total. The number of nitro groups is 1. The van der Waals surface area contributed by atoms with E-state index in [1.807, 2.05) is 30.3 Å². The van der Waals surface area contributed by atoms with Crippen LogP contribution in [0.4, 0.5) is 11.5 Å². The van der Waals surface area contributed by atoms with Crippen LogP contribution >= 0.6 is 11.6 Å². The quantitative estimate of drug-likeness (QED) is 0.545. The molecule has 0 aliphatic rings. The van der Waals surface area contributed by atoms with E-state index in [4.69, 9.17) is 11.6 Å². The SMILES string of the molecule is O=[N+]([O-])c1cnc(N[C@H](Cn2cncn2)c2ccccc2)c(Cl)c1. The Labute approximate surface area is 142 Å². The maximum absolute atomic E-state index is 10.8. The fraction of sp³-hybridized carbons (Fsp3) is 0.133. The molecule has 0 amide bonds. The van der Waals surface area contributed by atoms with Gasteiger partial charge in [0.05, 0.1) is 22.5 Å². The molecule has 0 fully saturated rings. The molecule has 0 bridgehead atoms. The summed E-state index contributed by atoms with van der Waals surface area (Å²) in [5, 5.41) is 18.3. The highest BCUT2D eigenvalue weighted by molar-refractivity contribution is 6.33. The minimum Gasteiger partial charge on any atom is -0.360 e. The third kappa shape index (κ3) is 3.66. The number of hydrogen-bond donors (Lipinski definition) is 1. The highest BCUT2D eigenvalue weighted by Gasteiger charge is 2.17. The lowest BCUT2D eigenvalue weighted by Crippen LogP contribution is -2.18. The maximum atomic E-state index is 10.8. The Morgan fingerprint density at radius 2 is 2.12 bits per heavy atom. The van der Waals surface area contributed by atoms with E-state index in [0.29, 0.717) is 12.4 Å². The molecule has 0 aliphatic carbocycles. The van der Waals surface area contributed by atoms with E-state index < -0.39 is 4.92 Å². The molecular formula is C15H13ClN6O2. The minimum absolute atomic E-state index is 0.155. The lowest BCUT2D eigenvalue weighted by molar-refractivity contribution is -0.385. The molecule has 24 heavy (non-hydrogen) atoms. The van der Waals surface area contributed by atoms with Crippen LogP contribution in [0.2, 0.25) is 5.02 Å². The second-order valence-corrected chi connectivity index (χ2v) is 5.41. The molecule has 0 unspecified atom stereocenters. The largest absolute Gasteiger partial charge is 0.360 e. The van der Waals surface area contributed by atoms with Gasteiger partial charge in [-0.3, -0.25) is 14.8 Å². The summed E-state index contributed by atoms with van der Waals surface area (Å²) in [6.07, 6.45) is 4.24. The molecule has 0 saturated heterocycles. The lowest BCUT2D eigenvalue weighted by Gasteiger charge is -2.20. The van der Waals surface area contributed by atoms with E-state index in [2.05, 4.69) is 20.4 Å². The first-order valence-corrected chi connectivity index (χ1v) is 7.45. The monoisotopic (exact) mass is 344 g/mol. The van der Waals surface area contributed by atoms with Crippen LogP contribution in [0.1, 0.15) is 11.6 Å². The number of rotatable bonds is 6. The molecule has 3 rings (SSSR count). The number of pyridine rings is 1. The third-order valence-corrected chi connectivity index (χ3v) is 3.67. The van der Waals surface area contributed by atoms with Crippen LogP contribution in [0.5, 0.6) is 0 Å². The smallest absolute Gasteiger partial charge is 0.289 e. The molecular weight excluding hydrogens is 332 g/mol. The number of halogens is 1. The standard InChI is InChI=1S/C15H13ClN6O2/c16-13-6-12(22(23)24)7-18-15(13)20-14(8-21-10-17-9-19-21)11-4-2-1-3-5-11/h1-7,9-10,14H,8H2,(H,18,20)/t14-/m1/s1. The van der Waals surface area contributed by atoms with Crippen LogP contribution in [0.25, 0.3) is 0 Å². The highest BCUT2D eigenvalue weighted by atomic mass is 35.5. The third-order valence-electron chi connectivity index (χ3n) is 3.39. The molecule has 2 aromatic heterocycles. The van der Waals surface area contributed by atoms with Gasteiger partial charge in [-0.1, -0.05) is 41.9 Å². The van der Waals surface area contributed by atoms with Gasteiger partial charge in [-0.15, -0.1) is 0 Å². The van der Waals surface area contributed by atoms with Gasteiger partial charge in [0.15, 0.2) is 0 Å². The molecule has 2 heterocycles. The van der Waals surface area contributed by atoms with Crippen molar-refractivity contribution in [1.29, 1.82) is 0 Å². The van der Waals surface area contributed by atoms with Crippen LogP contribution in [0, 0.1) is 10.1 Å². The Hall–Kier alpha value is -3.00. The Balaban J connectivity index is 1.88. The second-order valence-electron chi connectivity index (χ2n) is 5.01. The van der Waals surface area contributed by atoms with Crippen LogP contribution in [0.3, 0.4) is 0 Å².